The molecule has 0 unspecified atom stereocenters. The van der Waals surface area contributed by atoms with E-state index < -0.39 is 0 Å². The molecule has 0 saturated heterocycles. The van der Waals surface area contributed by atoms with Crippen LogP contribution in [0.4, 0.5) is 0 Å². The fourth-order valence-electron chi connectivity index (χ4n) is 2.05. The number of hydrogen-bond donors (Lipinski definition) is 0. The number of allylic oxidation sites excluding steroid dienone is 4. The van der Waals surface area contributed by atoms with Crippen molar-refractivity contribution in [3.8, 4) is 11.1 Å². The summed E-state index contributed by atoms with van der Waals surface area (Å²) in [6, 6.07) is 17.1. The molecule has 0 radical (unpaired) electrons. The van der Waals surface area contributed by atoms with Crippen LogP contribution in [0.25, 0.3) is 14.7 Å². The van der Waals surface area contributed by atoms with Crippen molar-refractivity contribution >= 4 is 59.8 Å². The molecule has 0 atom stereocenters. The normalized spacial score (nSPS) is 14.0. The van der Waals surface area contributed by atoms with Gasteiger partial charge in [0.1, 0.15) is 0 Å². The Kier molecular flexibility index (Phi) is 5.07. The van der Waals surface area contributed by atoms with Crippen LogP contribution in [-0.4, -0.2) is 3.67 Å². The highest BCUT2D eigenvalue weighted by Crippen LogP contribution is 2.33. The zero-order chi connectivity index (χ0) is 14.7. The first-order chi connectivity index (χ1) is 10.2. The maximum absolute atomic E-state index is 3.57. The number of hydrogen-bond acceptors (Lipinski definition) is 0. The molecule has 0 N–H and O–H groups in total. The van der Waals surface area contributed by atoms with Crippen LogP contribution < -0.4 is 0 Å². The summed E-state index contributed by atoms with van der Waals surface area (Å²) in [5, 5.41) is 0. The quantitative estimate of drug-likeness (QED) is 0.393. The Labute approximate surface area is 151 Å². The van der Waals surface area contributed by atoms with Gasteiger partial charge in [-0.2, -0.15) is 0 Å². The summed E-state index contributed by atoms with van der Waals surface area (Å²) < 4.78 is 6.99. The van der Waals surface area contributed by atoms with Crippen molar-refractivity contribution in [2.45, 2.75) is 0 Å². The standard InChI is InChI=1S/C18H11Br2I/c19-16-7-2-5-14(11-16)13-4-1-6-15(10-13)18-12-17(20)8-3-9-21-18/h1-8,10-12H. The summed E-state index contributed by atoms with van der Waals surface area (Å²) in [7, 11) is 0. The van der Waals surface area contributed by atoms with E-state index in [2.05, 4.69) is 84.1 Å². The van der Waals surface area contributed by atoms with Crippen molar-refractivity contribution in [2.75, 3.05) is 0 Å². The van der Waals surface area contributed by atoms with Gasteiger partial charge >= 0.3 is 0 Å². The molecule has 0 bridgehead atoms. The molecule has 3 heteroatoms. The third-order valence-corrected chi connectivity index (χ3v) is 6.20. The molecule has 0 amide bonds. The Morgan fingerprint density at radius 1 is 0.857 bits per heavy atom. The van der Waals surface area contributed by atoms with E-state index in [0.29, 0.717) is 0 Å². The molecule has 21 heavy (non-hydrogen) atoms. The zero-order valence-electron chi connectivity index (χ0n) is 11.0. The molecular formula is C18H11Br2I. The van der Waals surface area contributed by atoms with Crippen molar-refractivity contribution in [2.24, 2.45) is 0 Å². The SMILES string of the molecule is BrC1=CC=C=IC(c2cccc(-c3cccc(Br)c3)c2)=C1. The minimum Gasteiger partial charge on any atom is -0.0819 e. The molecule has 0 nitrogen and oxygen atoms in total. The van der Waals surface area contributed by atoms with Gasteiger partial charge in [0.25, 0.3) is 0 Å². The van der Waals surface area contributed by atoms with Gasteiger partial charge in [-0.3, -0.25) is 0 Å². The Balaban J connectivity index is 2.05. The van der Waals surface area contributed by atoms with Gasteiger partial charge in [0.05, 0.1) is 0 Å². The minimum atomic E-state index is -0.210. The monoisotopic (exact) mass is 512 g/mol. The second kappa shape index (κ2) is 7.01. The lowest BCUT2D eigenvalue weighted by atomic mass is 10.0. The van der Waals surface area contributed by atoms with Crippen LogP contribution in [0.15, 0.2) is 75.7 Å². The summed E-state index contributed by atoms with van der Waals surface area (Å²) in [5.41, 5.74) is 3.76. The lowest BCUT2D eigenvalue weighted by molar-refractivity contribution is 1.57. The molecule has 0 spiro atoms. The first kappa shape index (κ1) is 15.2. The van der Waals surface area contributed by atoms with Gasteiger partial charge in [-0.05, 0) is 73.8 Å². The van der Waals surface area contributed by atoms with E-state index in [-0.39, 0.29) is 20.7 Å². The van der Waals surface area contributed by atoms with Gasteiger partial charge in [0, 0.05) is 12.5 Å². The highest BCUT2D eigenvalue weighted by molar-refractivity contribution is 14.2. The molecule has 1 aliphatic heterocycles. The van der Waals surface area contributed by atoms with Crippen LogP contribution in [0.5, 0.6) is 0 Å². The van der Waals surface area contributed by atoms with Crippen LogP contribution in [0.3, 0.4) is 0 Å². The second-order valence-corrected chi connectivity index (χ2v) is 8.66. The average molecular weight is 514 g/mol. The molecule has 0 fully saturated rings. The average Bonchev–Trinajstić information content (AvgIpc) is 2.72. The molecule has 2 aromatic rings. The molecule has 0 aromatic heterocycles. The van der Waals surface area contributed by atoms with Gasteiger partial charge < -0.3 is 0 Å². The summed E-state index contributed by atoms with van der Waals surface area (Å²) in [6.45, 7) is 0. The van der Waals surface area contributed by atoms with E-state index in [0.717, 1.165) is 8.96 Å². The lowest BCUT2D eigenvalue weighted by Gasteiger charge is -2.06. The number of benzene rings is 2. The van der Waals surface area contributed by atoms with E-state index in [1.54, 1.807) is 0 Å². The maximum Gasteiger partial charge on any atom is 0.0234 e. The van der Waals surface area contributed by atoms with Crippen LogP contribution in [0, 0.1) is 0 Å². The molecular weight excluding hydrogens is 503 g/mol. The van der Waals surface area contributed by atoms with Gasteiger partial charge in [-0.15, -0.1) is 0 Å². The molecule has 3 rings (SSSR count). The van der Waals surface area contributed by atoms with Crippen molar-refractivity contribution in [3.63, 3.8) is 0 Å². The molecule has 1 aliphatic rings. The van der Waals surface area contributed by atoms with Gasteiger partial charge in [-0.25, -0.2) is 0 Å². The minimum absolute atomic E-state index is 0.210. The third kappa shape index (κ3) is 3.92. The Bertz CT molecular complexity index is 809. The topological polar surface area (TPSA) is 0 Å². The molecule has 104 valence electrons. The zero-order valence-corrected chi connectivity index (χ0v) is 16.3. The Morgan fingerprint density at radius 2 is 1.57 bits per heavy atom. The van der Waals surface area contributed by atoms with Gasteiger partial charge in [0.15, 0.2) is 0 Å². The smallest absolute Gasteiger partial charge is 0.0234 e. The van der Waals surface area contributed by atoms with Gasteiger partial charge in [0.2, 0.25) is 0 Å². The molecule has 0 saturated carbocycles. The number of halogens is 3. The van der Waals surface area contributed by atoms with Crippen LogP contribution in [0.1, 0.15) is 5.56 Å². The summed E-state index contributed by atoms with van der Waals surface area (Å²) in [5.74, 6) is 0. The first-order valence-corrected chi connectivity index (χ1v) is 10.1. The van der Waals surface area contributed by atoms with Gasteiger partial charge in [-0.1, -0.05) is 65.9 Å². The maximum atomic E-state index is 3.57. The Morgan fingerprint density at radius 3 is 2.38 bits per heavy atom. The third-order valence-electron chi connectivity index (χ3n) is 3.02. The van der Waals surface area contributed by atoms with E-state index >= 15 is 0 Å². The van der Waals surface area contributed by atoms with Crippen LogP contribution in [-0.2, 0) is 0 Å². The fraction of sp³-hybridized carbons (Fsp3) is 0. The van der Waals surface area contributed by atoms with Crippen molar-refractivity contribution in [1.82, 2.24) is 0 Å². The summed E-state index contributed by atoms with van der Waals surface area (Å²) >= 11 is 6.90. The van der Waals surface area contributed by atoms with Crippen LogP contribution >= 0.6 is 52.6 Å². The van der Waals surface area contributed by atoms with E-state index in [1.165, 1.54) is 20.3 Å². The van der Waals surface area contributed by atoms with E-state index in [4.69, 9.17) is 0 Å². The highest BCUT2D eigenvalue weighted by atomic mass is 127. The van der Waals surface area contributed by atoms with Crippen molar-refractivity contribution in [1.29, 1.82) is 0 Å². The lowest BCUT2D eigenvalue weighted by Crippen LogP contribution is -1.82. The Hall–Kier alpha value is -0.740. The number of rotatable bonds is 2. The highest BCUT2D eigenvalue weighted by Gasteiger charge is 2.04. The molecule has 1 heterocycles. The van der Waals surface area contributed by atoms with E-state index in [9.17, 15) is 0 Å². The largest absolute Gasteiger partial charge is 0.0819 e. The second-order valence-electron chi connectivity index (χ2n) is 4.51. The van der Waals surface area contributed by atoms with Crippen molar-refractivity contribution < 1.29 is 0 Å². The predicted molar refractivity (Wildman–Crippen MR) is 108 cm³/mol. The van der Waals surface area contributed by atoms with Crippen molar-refractivity contribution in [3.05, 3.63) is 81.3 Å². The van der Waals surface area contributed by atoms with E-state index in [1.807, 2.05) is 18.2 Å². The van der Waals surface area contributed by atoms with Crippen LogP contribution in [0.2, 0.25) is 0 Å². The molecule has 0 aliphatic carbocycles. The summed E-state index contributed by atoms with van der Waals surface area (Å²) in [6.07, 6.45) is 6.27. The first-order valence-electron chi connectivity index (χ1n) is 6.39. The molecule has 2 aromatic carbocycles. The predicted octanol–water partition coefficient (Wildman–Crippen LogP) is 6.68. The summed E-state index contributed by atoms with van der Waals surface area (Å²) in [4.78, 5) is 0. The fourth-order valence-corrected chi connectivity index (χ4v) is 5.07.